The molecule has 2 atom stereocenters. The average molecular weight is 282 g/mol. The molecule has 4 N–H and O–H groups in total. The van der Waals surface area contributed by atoms with Crippen LogP contribution in [0.1, 0.15) is 17.2 Å². The molecular formula is C15H14N4O2. The highest BCUT2D eigenvalue weighted by Gasteiger charge is 2.14. The predicted molar refractivity (Wildman–Crippen MR) is 76.2 cm³/mol. The molecule has 0 aliphatic carbocycles. The van der Waals surface area contributed by atoms with Crippen molar-refractivity contribution in [3.8, 4) is 0 Å². The van der Waals surface area contributed by atoms with Gasteiger partial charge in [-0.05, 0) is 23.3 Å². The van der Waals surface area contributed by atoms with Gasteiger partial charge in [0.1, 0.15) is 0 Å². The fourth-order valence-electron chi connectivity index (χ4n) is 2.27. The average Bonchev–Trinajstić information content (AvgIpc) is 2.87. The Kier molecular flexibility index (Phi) is 3.37. The molecule has 0 bridgehead atoms. The van der Waals surface area contributed by atoms with Gasteiger partial charge in [0.2, 0.25) is 6.29 Å². The van der Waals surface area contributed by atoms with Crippen molar-refractivity contribution in [3.05, 3.63) is 70.4 Å². The summed E-state index contributed by atoms with van der Waals surface area (Å²) in [5.74, 6) is 0. The minimum absolute atomic E-state index is 0.252. The molecule has 0 radical (unpaired) electrons. The second kappa shape index (κ2) is 5.34. The van der Waals surface area contributed by atoms with Crippen molar-refractivity contribution in [2.45, 2.75) is 12.3 Å². The molecular weight excluding hydrogens is 268 g/mol. The summed E-state index contributed by atoms with van der Waals surface area (Å²) in [7, 11) is 0. The number of nitrogens with one attached hydrogen (secondary N) is 1. The number of carbonyl (C=O) groups is 1. The lowest BCUT2D eigenvalue weighted by molar-refractivity contribution is 0.190. The lowest BCUT2D eigenvalue weighted by Crippen LogP contribution is -2.29. The Morgan fingerprint density at radius 2 is 1.81 bits per heavy atom. The Hall–Kier alpha value is -2.73. The van der Waals surface area contributed by atoms with Gasteiger partial charge in [0.05, 0.1) is 16.8 Å². The van der Waals surface area contributed by atoms with Gasteiger partial charge in [0.25, 0.3) is 0 Å². The SMILES string of the molecule is NC(c1ccccc1)c1ccc2c(c1)=NC(NC(=O)O)N=2. The number of nitrogens with two attached hydrogens (primary N) is 1. The number of rotatable bonds is 3. The predicted octanol–water partition coefficient (Wildman–Crippen LogP) is 0.539. The Labute approximate surface area is 120 Å². The molecule has 0 spiro atoms. The van der Waals surface area contributed by atoms with Crippen LogP contribution < -0.4 is 21.8 Å². The van der Waals surface area contributed by atoms with Gasteiger partial charge >= 0.3 is 6.09 Å². The molecule has 1 heterocycles. The van der Waals surface area contributed by atoms with Crippen molar-refractivity contribution in [3.63, 3.8) is 0 Å². The normalized spacial score (nSPS) is 17.3. The minimum Gasteiger partial charge on any atom is -0.465 e. The maximum absolute atomic E-state index is 10.6. The maximum Gasteiger partial charge on any atom is 0.407 e. The number of hydrogen-bond acceptors (Lipinski definition) is 4. The van der Waals surface area contributed by atoms with Crippen LogP contribution in [0.15, 0.2) is 58.5 Å². The third-order valence-electron chi connectivity index (χ3n) is 3.29. The molecule has 2 aromatic rings. The molecule has 0 fully saturated rings. The third kappa shape index (κ3) is 2.75. The molecule has 1 amide bonds. The molecule has 3 rings (SSSR count). The standard InChI is InChI=1S/C15H14N4O2/c16-13(9-4-2-1-3-5-9)10-6-7-11-12(8-10)18-14(17-11)19-15(20)21/h1-8,13-14,19H,16H2,(H,20,21). The first-order chi connectivity index (χ1) is 10.1. The lowest BCUT2D eigenvalue weighted by atomic mass is 9.99. The summed E-state index contributed by atoms with van der Waals surface area (Å²) in [6, 6.07) is 15.0. The van der Waals surface area contributed by atoms with Gasteiger partial charge in [-0.2, -0.15) is 0 Å². The van der Waals surface area contributed by atoms with Crippen LogP contribution in [0, 0.1) is 0 Å². The first-order valence-corrected chi connectivity index (χ1v) is 6.49. The van der Waals surface area contributed by atoms with E-state index in [-0.39, 0.29) is 6.04 Å². The topological polar surface area (TPSA) is 100 Å². The van der Waals surface area contributed by atoms with E-state index in [0.717, 1.165) is 11.1 Å². The van der Waals surface area contributed by atoms with Crippen LogP contribution in [0.3, 0.4) is 0 Å². The fourth-order valence-corrected chi connectivity index (χ4v) is 2.27. The Morgan fingerprint density at radius 3 is 2.52 bits per heavy atom. The molecule has 0 aromatic heterocycles. The van der Waals surface area contributed by atoms with Crippen LogP contribution in [-0.4, -0.2) is 17.5 Å². The zero-order chi connectivity index (χ0) is 14.8. The summed E-state index contributed by atoms with van der Waals surface area (Å²) in [6.45, 7) is 0. The van der Waals surface area contributed by atoms with E-state index in [2.05, 4.69) is 15.3 Å². The largest absolute Gasteiger partial charge is 0.465 e. The fraction of sp³-hybridized carbons (Fsp3) is 0.133. The summed E-state index contributed by atoms with van der Waals surface area (Å²) >= 11 is 0. The van der Waals surface area contributed by atoms with Crippen LogP contribution in [0.2, 0.25) is 0 Å². The smallest absolute Gasteiger partial charge is 0.407 e. The quantitative estimate of drug-likeness (QED) is 0.766. The van der Waals surface area contributed by atoms with E-state index in [9.17, 15) is 4.79 Å². The van der Waals surface area contributed by atoms with E-state index in [1.165, 1.54) is 0 Å². The summed E-state index contributed by atoms with van der Waals surface area (Å²) < 4.78 is 0. The first-order valence-electron chi connectivity index (χ1n) is 6.49. The van der Waals surface area contributed by atoms with E-state index >= 15 is 0 Å². The van der Waals surface area contributed by atoms with Gasteiger partial charge in [-0.25, -0.2) is 14.8 Å². The monoisotopic (exact) mass is 282 g/mol. The molecule has 2 aromatic carbocycles. The summed E-state index contributed by atoms with van der Waals surface area (Å²) in [5.41, 5.74) is 8.16. The molecule has 0 saturated carbocycles. The number of amides is 1. The van der Waals surface area contributed by atoms with Crippen molar-refractivity contribution < 1.29 is 9.90 Å². The maximum atomic E-state index is 10.6. The van der Waals surface area contributed by atoms with E-state index in [1.807, 2.05) is 42.5 Å². The lowest BCUT2D eigenvalue weighted by Gasteiger charge is -2.11. The van der Waals surface area contributed by atoms with Crippen molar-refractivity contribution in [2.75, 3.05) is 0 Å². The molecule has 2 unspecified atom stereocenters. The van der Waals surface area contributed by atoms with E-state index in [0.29, 0.717) is 10.7 Å². The van der Waals surface area contributed by atoms with Crippen LogP contribution in [0.25, 0.3) is 0 Å². The zero-order valence-corrected chi connectivity index (χ0v) is 11.1. The van der Waals surface area contributed by atoms with Crippen molar-refractivity contribution in [2.24, 2.45) is 15.7 Å². The van der Waals surface area contributed by atoms with Crippen LogP contribution >= 0.6 is 0 Å². The highest BCUT2D eigenvalue weighted by Crippen LogP contribution is 2.17. The first kappa shape index (κ1) is 13.3. The van der Waals surface area contributed by atoms with Gasteiger partial charge in [-0.3, -0.25) is 5.32 Å². The molecule has 106 valence electrons. The van der Waals surface area contributed by atoms with Gasteiger partial charge in [0.15, 0.2) is 0 Å². The summed E-state index contributed by atoms with van der Waals surface area (Å²) in [4.78, 5) is 19.0. The molecule has 0 saturated heterocycles. The summed E-state index contributed by atoms with van der Waals surface area (Å²) in [6.07, 6.45) is -1.93. The molecule has 21 heavy (non-hydrogen) atoms. The Bertz CT molecular complexity index is 789. The number of hydrogen-bond donors (Lipinski definition) is 3. The zero-order valence-electron chi connectivity index (χ0n) is 11.1. The minimum atomic E-state index is -1.15. The number of nitrogens with zero attached hydrogens (tertiary/aromatic N) is 2. The van der Waals surface area contributed by atoms with E-state index in [1.54, 1.807) is 6.07 Å². The third-order valence-corrected chi connectivity index (χ3v) is 3.29. The highest BCUT2D eigenvalue weighted by atomic mass is 16.4. The second-order valence-corrected chi connectivity index (χ2v) is 4.72. The number of benzene rings is 2. The van der Waals surface area contributed by atoms with Crippen molar-refractivity contribution in [1.82, 2.24) is 5.32 Å². The molecule has 6 nitrogen and oxygen atoms in total. The van der Waals surface area contributed by atoms with Crippen LogP contribution in [-0.2, 0) is 0 Å². The van der Waals surface area contributed by atoms with Gasteiger partial charge in [0, 0.05) is 0 Å². The van der Waals surface area contributed by atoms with Crippen molar-refractivity contribution in [1.29, 1.82) is 0 Å². The van der Waals surface area contributed by atoms with Gasteiger partial charge in [-0.15, -0.1) is 0 Å². The number of fused-ring (bicyclic) bond motifs is 1. The van der Waals surface area contributed by atoms with Crippen LogP contribution in [0.5, 0.6) is 0 Å². The Balaban J connectivity index is 1.93. The highest BCUT2D eigenvalue weighted by molar-refractivity contribution is 5.64. The van der Waals surface area contributed by atoms with E-state index < -0.39 is 12.4 Å². The van der Waals surface area contributed by atoms with Crippen molar-refractivity contribution >= 4 is 6.09 Å². The van der Waals surface area contributed by atoms with Gasteiger partial charge < -0.3 is 10.8 Å². The Morgan fingerprint density at radius 1 is 1.10 bits per heavy atom. The molecule has 1 aliphatic rings. The molecule has 6 heteroatoms. The molecule has 1 aliphatic heterocycles. The number of carboxylic acid groups (broad SMARTS) is 1. The second-order valence-electron chi connectivity index (χ2n) is 4.72. The van der Waals surface area contributed by atoms with Gasteiger partial charge in [-0.1, -0.05) is 36.4 Å². The van der Waals surface area contributed by atoms with Crippen LogP contribution in [0.4, 0.5) is 4.79 Å². The van der Waals surface area contributed by atoms with E-state index in [4.69, 9.17) is 10.8 Å². The summed E-state index contributed by atoms with van der Waals surface area (Å²) in [5, 5.41) is 12.2.